The highest BCUT2D eigenvalue weighted by molar-refractivity contribution is 14.0. The monoisotopic (exact) mass is 376 g/mol. The normalized spacial score (nSPS) is 17.8. The van der Waals surface area contributed by atoms with E-state index < -0.39 is 10.0 Å². The van der Waals surface area contributed by atoms with Crippen molar-refractivity contribution in [1.82, 2.24) is 10.0 Å². The van der Waals surface area contributed by atoms with E-state index in [-0.39, 0.29) is 30.5 Å². The van der Waals surface area contributed by atoms with Crippen LogP contribution in [0.5, 0.6) is 0 Å². The van der Waals surface area contributed by atoms with Crippen LogP contribution in [0, 0.1) is 0 Å². The highest BCUT2D eigenvalue weighted by Crippen LogP contribution is 2.17. The molecule has 8 heteroatoms. The molecule has 0 saturated heterocycles. The Labute approximate surface area is 120 Å². The van der Waals surface area contributed by atoms with Crippen LogP contribution >= 0.6 is 24.0 Å². The maximum atomic E-state index is 10.7. The van der Waals surface area contributed by atoms with Crippen molar-refractivity contribution in [3.05, 3.63) is 0 Å². The second kappa shape index (κ2) is 8.09. The Balaban J connectivity index is 0.00000256. The zero-order chi connectivity index (χ0) is 12.0. The summed E-state index contributed by atoms with van der Waals surface area (Å²) in [5, 5.41) is 3.13. The summed E-state index contributed by atoms with van der Waals surface area (Å²) in [7, 11) is -3.12. The molecule has 4 N–H and O–H groups in total. The van der Waals surface area contributed by atoms with Gasteiger partial charge in [-0.05, 0) is 12.8 Å². The van der Waals surface area contributed by atoms with Crippen molar-refractivity contribution in [1.29, 1.82) is 0 Å². The highest BCUT2D eigenvalue weighted by atomic mass is 127. The van der Waals surface area contributed by atoms with Crippen LogP contribution < -0.4 is 15.8 Å². The molecule has 1 saturated carbocycles. The summed E-state index contributed by atoms with van der Waals surface area (Å²) in [5.41, 5.74) is 5.67. The van der Waals surface area contributed by atoms with E-state index in [4.69, 9.17) is 5.73 Å². The van der Waals surface area contributed by atoms with Gasteiger partial charge in [-0.15, -0.1) is 24.0 Å². The first kappa shape index (κ1) is 16.9. The van der Waals surface area contributed by atoms with Gasteiger partial charge in [0.25, 0.3) is 0 Å². The largest absolute Gasteiger partial charge is 0.370 e. The molecule has 0 unspecified atom stereocenters. The number of guanidine groups is 1. The molecule has 0 heterocycles. The van der Waals surface area contributed by atoms with Crippen molar-refractivity contribution in [3.8, 4) is 0 Å². The number of halogens is 1. The average molecular weight is 376 g/mol. The molecule has 0 aliphatic heterocycles. The van der Waals surface area contributed by atoms with Crippen molar-refractivity contribution in [2.75, 3.05) is 19.3 Å². The van der Waals surface area contributed by atoms with Gasteiger partial charge in [0.15, 0.2) is 5.96 Å². The number of rotatable bonds is 5. The van der Waals surface area contributed by atoms with Gasteiger partial charge in [0.1, 0.15) is 0 Å². The summed E-state index contributed by atoms with van der Waals surface area (Å²) in [5.74, 6) is 0.405. The van der Waals surface area contributed by atoms with Gasteiger partial charge in [-0.3, -0.25) is 4.99 Å². The second-order valence-electron chi connectivity index (χ2n) is 4.06. The molecule has 0 atom stereocenters. The molecule has 6 nitrogen and oxygen atoms in total. The fourth-order valence-corrected chi connectivity index (χ4v) is 2.19. The first-order valence-corrected chi connectivity index (χ1v) is 7.37. The number of nitrogens with zero attached hydrogens (tertiary/aromatic N) is 1. The number of hydrogen-bond donors (Lipinski definition) is 3. The van der Waals surface area contributed by atoms with Crippen molar-refractivity contribution >= 4 is 40.0 Å². The second-order valence-corrected chi connectivity index (χ2v) is 5.89. The zero-order valence-corrected chi connectivity index (χ0v) is 13.1. The van der Waals surface area contributed by atoms with Gasteiger partial charge in [0.05, 0.1) is 12.8 Å². The SMILES string of the molecule is CS(=O)(=O)NCCN=C(N)NC1CCCC1.I. The van der Waals surface area contributed by atoms with Gasteiger partial charge >= 0.3 is 0 Å². The fraction of sp³-hybridized carbons (Fsp3) is 0.889. The Bertz CT molecular complexity index is 339. The highest BCUT2D eigenvalue weighted by Gasteiger charge is 2.14. The third-order valence-corrected chi connectivity index (χ3v) is 3.19. The molecule has 1 aliphatic carbocycles. The minimum absolute atomic E-state index is 0. The molecule has 0 bridgehead atoms. The van der Waals surface area contributed by atoms with Gasteiger partial charge in [0.2, 0.25) is 10.0 Å². The van der Waals surface area contributed by atoms with E-state index in [0.29, 0.717) is 18.5 Å². The molecule has 0 spiro atoms. The Morgan fingerprint density at radius 2 is 2.00 bits per heavy atom. The van der Waals surface area contributed by atoms with Crippen LogP contribution in [0.1, 0.15) is 25.7 Å². The van der Waals surface area contributed by atoms with E-state index in [0.717, 1.165) is 19.1 Å². The number of sulfonamides is 1. The van der Waals surface area contributed by atoms with Gasteiger partial charge in [-0.25, -0.2) is 13.1 Å². The summed E-state index contributed by atoms with van der Waals surface area (Å²) in [6.07, 6.45) is 5.87. The minimum atomic E-state index is -3.12. The first-order chi connectivity index (χ1) is 7.47. The predicted molar refractivity (Wildman–Crippen MR) is 80.1 cm³/mol. The van der Waals surface area contributed by atoms with Gasteiger partial charge in [-0.2, -0.15) is 0 Å². The molecule has 0 amide bonds. The maximum Gasteiger partial charge on any atom is 0.208 e. The number of hydrogen-bond acceptors (Lipinski definition) is 3. The third kappa shape index (κ3) is 8.61. The van der Waals surface area contributed by atoms with E-state index >= 15 is 0 Å². The number of aliphatic imine (C=N–C) groups is 1. The predicted octanol–water partition coefficient (Wildman–Crippen LogP) is 0.000500. The van der Waals surface area contributed by atoms with Gasteiger partial charge in [0, 0.05) is 12.6 Å². The molecule has 1 aliphatic rings. The van der Waals surface area contributed by atoms with Crippen LogP contribution in [0.15, 0.2) is 4.99 Å². The Kier molecular flexibility index (Phi) is 8.05. The summed E-state index contributed by atoms with van der Waals surface area (Å²) < 4.78 is 23.8. The van der Waals surface area contributed by atoms with E-state index in [9.17, 15) is 8.42 Å². The van der Waals surface area contributed by atoms with E-state index in [1.807, 2.05) is 0 Å². The molecule has 1 rings (SSSR count). The van der Waals surface area contributed by atoms with Crippen LogP contribution in [0.25, 0.3) is 0 Å². The number of nitrogens with two attached hydrogens (primary N) is 1. The Morgan fingerprint density at radius 3 is 2.53 bits per heavy atom. The van der Waals surface area contributed by atoms with Crippen molar-refractivity contribution in [3.63, 3.8) is 0 Å². The van der Waals surface area contributed by atoms with Crippen LogP contribution in [0.3, 0.4) is 0 Å². The molecular formula is C9H21IN4O2S. The molecule has 0 radical (unpaired) electrons. The first-order valence-electron chi connectivity index (χ1n) is 5.48. The van der Waals surface area contributed by atoms with Crippen LogP contribution in [0.4, 0.5) is 0 Å². The minimum Gasteiger partial charge on any atom is -0.370 e. The van der Waals surface area contributed by atoms with Crippen LogP contribution in [-0.2, 0) is 10.0 Å². The molecule has 0 aromatic heterocycles. The smallest absolute Gasteiger partial charge is 0.208 e. The molecule has 102 valence electrons. The summed E-state index contributed by atoms with van der Waals surface area (Å²) >= 11 is 0. The molecular weight excluding hydrogens is 355 g/mol. The van der Waals surface area contributed by atoms with E-state index in [2.05, 4.69) is 15.0 Å². The molecule has 1 fully saturated rings. The van der Waals surface area contributed by atoms with Crippen LogP contribution in [-0.4, -0.2) is 39.8 Å². The molecule has 0 aromatic rings. The zero-order valence-electron chi connectivity index (χ0n) is 9.98. The number of nitrogens with one attached hydrogen (secondary N) is 2. The summed E-state index contributed by atoms with van der Waals surface area (Å²) in [6.45, 7) is 0.643. The van der Waals surface area contributed by atoms with Crippen molar-refractivity contribution < 1.29 is 8.42 Å². The molecule has 17 heavy (non-hydrogen) atoms. The van der Waals surface area contributed by atoms with E-state index in [1.165, 1.54) is 12.8 Å². The lowest BCUT2D eigenvalue weighted by Crippen LogP contribution is -2.39. The lowest BCUT2D eigenvalue weighted by Gasteiger charge is -2.12. The standard InChI is InChI=1S/C9H20N4O2S.HI/c1-16(14,15)12-7-6-11-9(10)13-8-4-2-3-5-8;/h8,12H,2-7H2,1H3,(H3,10,11,13);1H. The maximum absolute atomic E-state index is 10.7. The van der Waals surface area contributed by atoms with Crippen LogP contribution in [0.2, 0.25) is 0 Å². The quantitative estimate of drug-likeness (QED) is 0.272. The van der Waals surface area contributed by atoms with Gasteiger partial charge < -0.3 is 11.1 Å². The summed E-state index contributed by atoms with van der Waals surface area (Å²) in [6, 6.07) is 0.437. The summed E-state index contributed by atoms with van der Waals surface area (Å²) in [4.78, 5) is 4.05. The fourth-order valence-electron chi connectivity index (χ4n) is 1.73. The molecule has 0 aromatic carbocycles. The van der Waals surface area contributed by atoms with Crippen molar-refractivity contribution in [2.24, 2.45) is 10.7 Å². The lowest BCUT2D eigenvalue weighted by atomic mass is 10.2. The lowest BCUT2D eigenvalue weighted by molar-refractivity contribution is 0.588. The third-order valence-electron chi connectivity index (χ3n) is 2.47. The van der Waals surface area contributed by atoms with Gasteiger partial charge in [-0.1, -0.05) is 12.8 Å². The Morgan fingerprint density at radius 1 is 1.41 bits per heavy atom. The topological polar surface area (TPSA) is 96.6 Å². The Hall–Kier alpha value is -0.0900. The van der Waals surface area contributed by atoms with E-state index in [1.54, 1.807) is 0 Å². The average Bonchev–Trinajstić information content (AvgIpc) is 2.63. The van der Waals surface area contributed by atoms with Crippen molar-refractivity contribution in [2.45, 2.75) is 31.7 Å².